The number of hydrogen-bond acceptors (Lipinski definition) is 4. The molecule has 1 aromatic carbocycles. The standard InChI is InChI=1S/C20H30N4O3.HI/c1-3-21-19(24-12-8-20(14-24)9-13-27-15-20)23-11-10-22-18(25)16-4-6-17(26-2)7-5-16;/h4-7H,3,8-15H2,1-2H3,(H,21,23)(H,22,25);1H. The monoisotopic (exact) mass is 502 g/mol. The summed E-state index contributed by atoms with van der Waals surface area (Å²) in [6.45, 7) is 7.69. The molecule has 28 heavy (non-hydrogen) atoms. The number of halogens is 1. The van der Waals surface area contributed by atoms with Gasteiger partial charge >= 0.3 is 0 Å². The maximum absolute atomic E-state index is 12.2. The summed E-state index contributed by atoms with van der Waals surface area (Å²) in [6.07, 6.45) is 2.30. The van der Waals surface area contributed by atoms with E-state index >= 15 is 0 Å². The number of guanidine groups is 1. The van der Waals surface area contributed by atoms with Gasteiger partial charge in [0.2, 0.25) is 0 Å². The molecule has 0 bridgehead atoms. The van der Waals surface area contributed by atoms with Gasteiger partial charge in [-0.05, 0) is 44.0 Å². The van der Waals surface area contributed by atoms with Crippen molar-refractivity contribution in [1.29, 1.82) is 0 Å². The highest BCUT2D eigenvalue weighted by Crippen LogP contribution is 2.38. The lowest BCUT2D eigenvalue weighted by atomic mass is 9.87. The van der Waals surface area contributed by atoms with E-state index in [9.17, 15) is 4.79 Å². The summed E-state index contributed by atoms with van der Waals surface area (Å²) in [4.78, 5) is 19.2. The molecule has 0 aliphatic carbocycles. The Morgan fingerprint density at radius 1 is 1.29 bits per heavy atom. The van der Waals surface area contributed by atoms with Crippen LogP contribution in [0.15, 0.2) is 29.3 Å². The number of hydrogen-bond donors (Lipinski definition) is 2. The smallest absolute Gasteiger partial charge is 0.251 e. The molecule has 1 spiro atoms. The number of nitrogens with zero attached hydrogens (tertiary/aromatic N) is 2. The lowest BCUT2D eigenvalue weighted by molar-refractivity contribution is 0.0954. The molecule has 0 aromatic heterocycles. The zero-order valence-corrected chi connectivity index (χ0v) is 19.0. The van der Waals surface area contributed by atoms with Gasteiger partial charge in [0, 0.05) is 43.8 Å². The van der Waals surface area contributed by atoms with E-state index in [2.05, 4.69) is 22.5 Å². The van der Waals surface area contributed by atoms with Gasteiger partial charge in [-0.15, -0.1) is 24.0 Å². The number of ether oxygens (including phenoxy) is 2. The molecule has 7 nitrogen and oxygen atoms in total. The number of rotatable bonds is 6. The summed E-state index contributed by atoms with van der Waals surface area (Å²) >= 11 is 0. The molecule has 2 saturated heterocycles. The Kier molecular flexibility index (Phi) is 8.81. The predicted molar refractivity (Wildman–Crippen MR) is 121 cm³/mol. The van der Waals surface area contributed by atoms with Gasteiger partial charge in [-0.1, -0.05) is 0 Å². The van der Waals surface area contributed by atoms with Crippen LogP contribution in [0, 0.1) is 5.41 Å². The third-order valence-electron chi connectivity index (χ3n) is 5.27. The van der Waals surface area contributed by atoms with Gasteiger partial charge in [0.05, 0.1) is 20.3 Å². The fraction of sp³-hybridized carbons (Fsp3) is 0.600. The first-order valence-corrected chi connectivity index (χ1v) is 9.69. The molecule has 3 rings (SSSR count). The van der Waals surface area contributed by atoms with Crippen molar-refractivity contribution in [2.24, 2.45) is 10.4 Å². The van der Waals surface area contributed by atoms with Gasteiger partial charge in [-0.25, -0.2) is 0 Å². The SMILES string of the molecule is CCNC(=NCCNC(=O)c1ccc(OC)cc1)N1CCC2(CCOC2)C1.I. The van der Waals surface area contributed by atoms with Crippen molar-refractivity contribution in [3.05, 3.63) is 29.8 Å². The highest BCUT2D eigenvalue weighted by molar-refractivity contribution is 14.0. The number of nitrogens with one attached hydrogen (secondary N) is 2. The van der Waals surface area contributed by atoms with Crippen LogP contribution in [0.2, 0.25) is 0 Å². The second kappa shape index (κ2) is 10.8. The lowest BCUT2D eigenvalue weighted by Crippen LogP contribution is -2.42. The third kappa shape index (κ3) is 5.73. The van der Waals surface area contributed by atoms with E-state index in [0.29, 0.717) is 24.1 Å². The van der Waals surface area contributed by atoms with Crippen LogP contribution in [0.3, 0.4) is 0 Å². The lowest BCUT2D eigenvalue weighted by Gasteiger charge is -2.25. The van der Waals surface area contributed by atoms with E-state index < -0.39 is 0 Å². The zero-order valence-electron chi connectivity index (χ0n) is 16.7. The van der Waals surface area contributed by atoms with Crippen molar-refractivity contribution in [3.63, 3.8) is 0 Å². The molecular weight excluding hydrogens is 471 g/mol. The number of methoxy groups -OCH3 is 1. The number of amides is 1. The van der Waals surface area contributed by atoms with E-state index in [1.54, 1.807) is 31.4 Å². The quantitative estimate of drug-likeness (QED) is 0.270. The van der Waals surface area contributed by atoms with Crippen molar-refractivity contribution in [2.45, 2.75) is 19.8 Å². The molecule has 2 aliphatic rings. The zero-order chi connectivity index (χ0) is 19.1. The van der Waals surface area contributed by atoms with Gasteiger partial charge in [-0.2, -0.15) is 0 Å². The molecule has 0 radical (unpaired) electrons. The maximum Gasteiger partial charge on any atom is 0.251 e. The Bertz CT molecular complexity index is 660. The number of benzene rings is 1. The van der Waals surface area contributed by atoms with Crippen molar-refractivity contribution in [1.82, 2.24) is 15.5 Å². The first kappa shape index (κ1) is 22.7. The highest BCUT2D eigenvalue weighted by atomic mass is 127. The highest BCUT2D eigenvalue weighted by Gasteiger charge is 2.42. The van der Waals surface area contributed by atoms with Crippen LogP contribution in [0.5, 0.6) is 5.75 Å². The minimum atomic E-state index is -0.0962. The molecule has 8 heteroatoms. The molecular formula is C20H31IN4O3. The average Bonchev–Trinajstić information content (AvgIpc) is 3.34. The first-order valence-electron chi connectivity index (χ1n) is 9.69. The van der Waals surface area contributed by atoms with Gasteiger partial charge in [0.15, 0.2) is 5.96 Å². The van der Waals surface area contributed by atoms with Crippen LogP contribution >= 0.6 is 24.0 Å². The molecule has 2 fully saturated rings. The Labute approximate surface area is 184 Å². The number of aliphatic imine (C=N–C) groups is 1. The van der Waals surface area contributed by atoms with Crippen LogP contribution < -0.4 is 15.4 Å². The predicted octanol–water partition coefficient (Wildman–Crippen LogP) is 2.12. The van der Waals surface area contributed by atoms with Gasteiger partial charge in [0.25, 0.3) is 5.91 Å². The largest absolute Gasteiger partial charge is 0.497 e. The molecule has 2 aliphatic heterocycles. The summed E-state index contributed by atoms with van der Waals surface area (Å²) < 4.78 is 10.7. The summed E-state index contributed by atoms with van der Waals surface area (Å²) in [6, 6.07) is 7.09. The van der Waals surface area contributed by atoms with E-state index in [0.717, 1.165) is 57.4 Å². The van der Waals surface area contributed by atoms with Gasteiger partial charge in [0.1, 0.15) is 5.75 Å². The molecule has 2 N–H and O–H groups in total. The van der Waals surface area contributed by atoms with Crippen LogP contribution in [0.1, 0.15) is 30.1 Å². The minimum absolute atomic E-state index is 0. The average molecular weight is 502 g/mol. The second-order valence-electron chi connectivity index (χ2n) is 7.19. The van der Waals surface area contributed by atoms with Gasteiger partial charge in [-0.3, -0.25) is 9.79 Å². The summed E-state index contributed by atoms with van der Waals surface area (Å²) in [5, 5.41) is 6.29. The molecule has 2 heterocycles. The van der Waals surface area contributed by atoms with E-state index in [-0.39, 0.29) is 29.9 Å². The van der Waals surface area contributed by atoms with Crippen molar-refractivity contribution < 1.29 is 14.3 Å². The Balaban J connectivity index is 0.00000280. The van der Waals surface area contributed by atoms with E-state index in [1.807, 2.05) is 0 Å². The van der Waals surface area contributed by atoms with Crippen molar-refractivity contribution in [3.8, 4) is 5.75 Å². The molecule has 1 amide bonds. The Morgan fingerprint density at radius 3 is 2.71 bits per heavy atom. The Hall–Kier alpha value is -1.55. The minimum Gasteiger partial charge on any atom is -0.497 e. The fourth-order valence-corrected chi connectivity index (χ4v) is 3.69. The molecule has 1 aromatic rings. The van der Waals surface area contributed by atoms with Crippen molar-refractivity contribution in [2.75, 3.05) is 53.0 Å². The van der Waals surface area contributed by atoms with E-state index in [1.165, 1.54) is 0 Å². The summed E-state index contributed by atoms with van der Waals surface area (Å²) in [5.41, 5.74) is 0.924. The summed E-state index contributed by atoms with van der Waals surface area (Å²) in [7, 11) is 1.61. The normalized spacial score (nSPS) is 21.5. The molecule has 1 atom stereocenters. The van der Waals surface area contributed by atoms with Crippen molar-refractivity contribution >= 4 is 35.8 Å². The molecule has 0 saturated carbocycles. The fourth-order valence-electron chi connectivity index (χ4n) is 3.69. The van der Waals surface area contributed by atoms with Crippen LogP contribution in [0.4, 0.5) is 0 Å². The van der Waals surface area contributed by atoms with Crippen LogP contribution in [-0.2, 0) is 4.74 Å². The first-order chi connectivity index (χ1) is 13.2. The van der Waals surface area contributed by atoms with Crippen LogP contribution in [-0.4, -0.2) is 69.8 Å². The number of carbonyl (C=O) groups is 1. The number of likely N-dealkylation sites (tertiary alicyclic amines) is 1. The Morgan fingerprint density at radius 2 is 2.07 bits per heavy atom. The maximum atomic E-state index is 12.2. The molecule has 1 unspecified atom stereocenters. The van der Waals surface area contributed by atoms with Gasteiger partial charge < -0.3 is 25.0 Å². The third-order valence-corrected chi connectivity index (χ3v) is 5.27. The van der Waals surface area contributed by atoms with Crippen LogP contribution in [0.25, 0.3) is 0 Å². The molecule has 156 valence electrons. The second-order valence-corrected chi connectivity index (χ2v) is 7.19. The summed E-state index contributed by atoms with van der Waals surface area (Å²) in [5.74, 6) is 1.57. The van der Waals surface area contributed by atoms with E-state index in [4.69, 9.17) is 14.5 Å². The number of carbonyl (C=O) groups excluding carboxylic acids is 1. The topological polar surface area (TPSA) is 75.2 Å².